The minimum atomic E-state index is -0.235. The van der Waals surface area contributed by atoms with E-state index in [-0.39, 0.29) is 17.9 Å². The number of benzene rings is 1. The van der Waals surface area contributed by atoms with Gasteiger partial charge in [0.1, 0.15) is 17.2 Å². The third kappa shape index (κ3) is 3.53. The van der Waals surface area contributed by atoms with Crippen molar-refractivity contribution in [3.05, 3.63) is 52.4 Å². The van der Waals surface area contributed by atoms with Crippen LogP contribution < -0.4 is 5.32 Å². The second-order valence-corrected chi connectivity index (χ2v) is 8.40. The van der Waals surface area contributed by atoms with Crippen LogP contribution in [0.3, 0.4) is 0 Å². The van der Waals surface area contributed by atoms with E-state index >= 15 is 0 Å². The number of hydrogen-bond acceptors (Lipinski definition) is 6. The number of H-pyrrole nitrogens is 1. The molecule has 0 unspecified atom stereocenters. The van der Waals surface area contributed by atoms with Crippen LogP contribution in [0.1, 0.15) is 52.9 Å². The van der Waals surface area contributed by atoms with Gasteiger partial charge in [0.25, 0.3) is 5.91 Å². The first kappa shape index (κ1) is 19.3. The average Bonchev–Trinajstić information content (AvgIpc) is 3.45. The Bertz CT molecular complexity index is 1110. The summed E-state index contributed by atoms with van der Waals surface area (Å²) in [7, 11) is 0. The fraction of sp³-hybridized carbons (Fsp3) is 0.350. The van der Waals surface area contributed by atoms with Crippen LogP contribution in [0.25, 0.3) is 16.0 Å². The van der Waals surface area contributed by atoms with Gasteiger partial charge in [-0.05, 0) is 47.9 Å². The summed E-state index contributed by atoms with van der Waals surface area (Å²) >= 11 is 1.50. The van der Waals surface area contributed by atoms with Crippen LogP contribution in [0.4, 0.5) is 0 Å². The summed E-state index contributed by atoms with van der Waals surface area (Å²) in [5.41, 5.74) is 3.39. The molecule has 0 spiro atoms. The number of aryl methyl sites for hydroxylation is 1. The quantitative estimate of drug-likeness (QED) is 0.505. The molecule has 150 valence electrons. The number of thiophene rings is 1. The highest BCUT2D eigenvalue weighted by Gasteiger charge is 2.28. The summed E-state index contributed by atoms with van der Waals surface area (Å²) in [5.74, 6) is 0.821. The second-order valence-electron chi connectivity index (χ2n) is 7.19. The predicted octanol–water partition coefficient (Wildman–Crippen LogP) is 3.73. The Morgan fingerprint density at radius 2 is 2.10 bits per heavy atom. The molecule has 4 aromatic rings. The number of imidazole rings is 1. The molecular weight excluding hydrogens is 386 g/mol. The van der Waals surface area contributed by atoms with Crippen LogP contribution >= 0.6 is 11.3 Å². The van der Waals surface area contributed by atoms with E-state index in [1.807, 2.05) is 38.1 Å². The van der Waals surface area contributed by atoms with Crippen LogP contribution in [-0.2, 0) is 0 Å². The molecule has 0 aliphatic rings. The fourth-order valence-corrected chi connectivity index (χ4v) is 4.41. The number of carbonyl (C=O) groups is 1. The molecule has 0 aliphatic carbocycles. The molecule has 0 saturated carbocycles. The molecule has 8 nitrogen and oxygen atoms in total. The molecule has 9 heteroatoms. The zero-order chi connectivity index (χ0) is 20.5. The van der Waals surface area contributed by atoms with Gasteiger partial charge in [-0.2, -0.15) is 4.68 Å². The first-order valence-electron chi connectivity index (χ1n) is 9.58. The number of nitrogens with one attached hydrogen (secondary N) is 2. The molecule has 1 aromatic carbocycles. The largest absolute Gasteiger partial charge is 0.342 e. The maximum atomic E-state index is 13.4. The standard InChI is InChI=1S/C20H23N7OS/c1-5-11(2)17(18-22-14-8-6-7-9-15(14)23-18)24-19(28)16-12(3)13(4)29-20(16)27-10-21-25-26-27/h6-11,17H,5H2,1-4H3,(H,22,23)(H,24,28)/t11-,17+/m1/s1. The normalized spacial score (nSPS) is 13.5. The SMILES string of the molecule is CC[C@@H](C)[C@H](NC(=O)c1c(-n2cnnn2)sc(C)c1C)c1nc2ccccc2[nH]1. The molecule has 0 fully saturated rings. The molecule has 29 heavy (non-hydrogen) atoms. The van der Waals surface area contributed by atoms with E-state index in [1.165, 1.54) is 17.7 Å². The lowest BCUT2D eigenvalue weighted by Gasteiger charge is -2.22. The number of nitrogens with zero attached hydrogens (tertiary/aromatic N) is 5. The number of carbonyl (C=O) groups excluding carboxylic acids is 1. The zero-order valence-corrected chi connectivity index (χ0v) is 17.6. The Labute approximate surface area is 172 Å². The van der Waals surface area contributed by atoms with Crippen LogP contribution in [0.2, 0.25) is 0 Å². The maximum Gasteiger partial charge on any atom is 0.255 e. The van der Waals surface area contributed by atoms with Gasteiger partial charge in [0, 0.05) is 4.88 Å². The van der Waals surface area contributed by atoms with Gasteiger partial charge in [0.05, 0.1) is 22.6 Å². The van der Waals surface area contributed by atoms with Crippen molar-refractivity contribution < 1.29 is 4.79 Å². The highest BCUT2D eigenvalue weighted by Crippen LogP contribution is 2.32. The van der Waals surface area contributed by atoms with Crippen molar-refractivity contribution in [2.75, 3.05) is 0 Å². The van der Waals surface area contributed by atoms with Gasteiger partial charge in [-0.1, -0.05) is 32.4 Å². The van der Waals surface area contributed by atoms with Gasteiger partial charge in [-0.25, -0.2) is 4.98 Å². The highest BCUT2D eigenvalue weighted by atomic mass is 32.1. The minimum Gasteiger partial charge on any atom is -0.342 e. The zero-order valence-electron chi connectivity index (χ0n) is 16.8. The van der Waals surface area contributed by atoms with E-state index in [1.54, 1.807) is 4.68 Å². The third-order valence-corrected chi connectivity index (χ3v) is 6.55. The summed E-state index contributed by atoms with van der Waals surface area (Å²) in [4.78, 5) is 22.5. The molecule has 4 rings (SSSR count). The summed E-state index contributed by atoms with van der Waals surface area (Å²) in [5, 5.41) is 15.3. The average molecular weight is 410 g/mol. The number of para-hydroxylation sites is 2. The molecule has 0 aliphatic heterocycles. The number of fused-ring (bicyclic) bond motifs is 1. The molecule has 3 heterocycles. The van der Waals surface area contributed by atoms with Gasteiger partial charge in [-0.3, -0.25) is 4.79 Å². The number of hydrogen-bond donors (Lipinski definition) is 2. The highest BCUT2D eigenvalue weighted by molar-refractivity contribution is 7.15. The number of aromatic amines is 1. The van der Waals surface area contributed by atoms with Crippen molar-refractivity contribution in [1.82, 2.24) is 35.5 Å². The van der Waals surface area contributed by atoms with Crippen molar-refractivity contribution in [2.24, 2.45) is 5.92 Å². The second kappa shape index (κ2) is 7.75. The first-order valence-corrected chi connectivity index (χ1v) is 10.4. The van der Waals surface area contributed by atoms with E-state index in [0.29, 0.717) is 5.56 Å². The molecule has 3 aromatic heterocycles. The van der Waals surface area contributed by atoms with Crippen molar-refractivity contribution in [1.29, 1.82) is 0 Å². The first-order chi connectivity index (χ1) is 14.0. The lowest BCUT2D eigenvalue weighted by Crippen LogP contribution is -2.34. The van der Waals surface area contributed by atoms with Gasteiger partial charge in [-0.15, -0.1) is 16.4 Å². The van der Waals surface area contributed by atoms with E-state index in [0.717, 1.165) is 38.7 Å². The summed E-state index contributed by atoms with van der Waals surface area (Å²) in [6.45, 7) is 8.18. The molecular formula is C20H23N7OS. The number of aromatic nitrogens is 6. The minimum absolute atomic E-state index is 0.150. The molecule has 0 bridgehead atoms. The summed E-state index contributed by atoms with van der Waals surface area (Å²) in [6, 6.07) is 7.65. The maximum absolute atomic E-state index is 13.4. The topological polar surface area (TPSA) is 101 Å². The van der Waals surface area contributed by atoms with Gasteiger partial charge < -0.3 is 10.3 Å². The lowest BCUT2D eigenvalue weighted by molar-refractivity contribution is 0.0920. The molecule has 0 saturated heterocycles. The van der Waals surface area contributed by atoms with E-state index < -0.39 is 0 Å². The van der Waals surface area contributed by atoms with E-state index in [9.17, 15) is 4.79 Å². The molecule has 0 radical (unpaired) electrons. The third-order valence-electron chi connectivity index (χ3n) is 5.35. The van der Waals surface area contributed by atoms with E-state index in [2.05, 4.69) is 39.7 Å². The molecule has 2 atom stereocenters. The van der Waals surface area contributed by atoms with Gasteiger partial charge in [0.2, 0.25) is 0 Å². The Kier molecular flexibility index (Phi) is 5.14. The number of rotatable bonds is 6. The van der Waals surface area contributed by atoms with Crippen LogP contribution in [0.15, 0.2) is 30.6 Å². The summed E-state index contributed by atoms with van der Waals surface area (Å²) < 4.78 is 1.54. The van der Waals surface area contributed by atoms with Crippen LogP contribution in [-0.4, -0.2) is 36.1 Å². The van der Waals surface area contributed by atoms with E-state index in [4.69, 9.17) is 4.98 Å². The Hall–Kier alpha value is -3.07. The molecule has 2 N–H and O–H groups in total. The smallest absolute Gasteiger partial charge is 0.255 e. The summed E-state index contributed by atoms with van der Waals surface area (Å²) in [6.07, 6.45) is 2.41. The molecule has 1 amide bonds. The Morgan fingerprint density at radius 1 is 1.31 bits per heavy atom. The lowest BCUT2D eigenvalue weighted by atomic mass is 9.98. The monoisotopic (exact) mass is 409 g/mol. The predicted molar refractivity (Wildman–Crippen MR) is 112 cm³/mol. The van der Waals surface area contributed by atoms with Crippen molar-refractivity contribution in [2.45, 2.75) is 40.2 Å². The number of amides is 1. The van der Waals surface area contributed by atoms with Crippen molar-refractivity contribution in [3.63, 3.8) is 0 Å². The fourth-order valence-electron chi connectivity index (χ4n) is 3.34. The Morgan fingerprint density at radius 3 is 2.79 bits per heavy atom. The number of tetrazole rings is 1. The van der Waals surface area contributed by atoms with Crippen molar-refractivity contribution in [3.8, 4) is 5.00 Å². The van der Waals surface area contributed by atoms with Crippen LogP contribution in [0, 0.1) is 19.8 Å². The van der Waals surface area contributed by atoms with Gasteiger partial charge >= 0.3 is 0 Å². The Balaban J connectivity index is 1.71. The van der Waals surface area contributed by atoms with Crippen LogP contribution in [0.5, 0.6) is 0 Å². The van der Waals surface area contributed by atoms with Gasteiger partial charge in [0.15, 0.2) is 0 Å². The van der Waals surface area contributed by atoms with Crippen molar-refractivity contribution >= 4 is 28.3 Å².